The van der Waals surface area contributed by atoms with E-state index in [1.807, 2.05) is 6.92 Å². The minimum atomic E-state index is -0.129. The van der Waals surface area contributed by atoms with Crippen molar-refractivity contribution in [3.05, 3.63) is 5.82 Å². The number of tetrazole rings is 1. The van der Waals surface area contributed by atoms with Crippen LogP contribution in [0.2, 0.25) is 0 Å². The molecule has 1 aliphatic rings. The van der Waals surface area contributed by atoms with Gasteiger partial charge in [0.05, 0.1) is 18.7 Å². The molecule has 0 spiro atoms. The highest BCUT2D eigenvalue weighted by Gasteiger charge is 2.23. The van der Waals surface area contributed by atoms with Gasteiger partial charge in [-0.25, -0.2) is 4.68 Å². The maximum absolute atomic E-state index is 5.72. The van der Waals surface area contributed by atoms with E-state index in [0.717, 1.165) is 18.9 Å². The summed E-state index contributed by atoms with van der Waals surface area (Å²) in [6.45, 7) is 3.34. The molecule has 0 aliphatic carbocycles. The van der Waals surface area contributed by atoms with E-state index in [9.17, 15) is 0 Å². The molecule has 1 saturated heterocycles. The van der Waals surface area contributed by atoms with Crippen molar-refractivity contribution in [3.63, 3.8) is 0 Å². The van der Waals surface area contributed by atoms with Crippen LogP contribution in [0.3, 0.4) is 0 Å². The molecule has 0 radical (unpaired) electrons. The summed E-state index contributed by atoms with van der Waals surface area (Å²) in [6.07, 6.45) is 0.963. The van der Waals surface area contributed by atoms with Gasteiger partial charge in [-0.3, -0.25) is 0 Å². The normalized spacial score (nSPS) is 24.9. The minimum absolute atomic E-state index is 0.129. The largest absolute Gasteiger partial charge is 0.379 e. The Morgan fingerprint density at radius 1 is 1.69 bits per heavy atom. The molecule has 2 N–H and O–H groups in total. The second-order valence-corrected chi connectivity index (χ2v) is 3.29. The lowest BCUT2D eigenvalue weighted by Gasteiger charge is -2.11. The van der Waals surface area contributed by atoms with Crippen molar-refractivity contribution < 1.29 is 4.74 Å². The van der Waals surface area contributed by atoms with Crippen LogP contribution < -0.4 is 5.73 Å². The third-order valence-electron chi connectivity index (χ3n) is 2.18. The molecule has 1 aliphatic heterocycles. The van der Waals surface area contributed by atoms with Gasteiger partial charge in [-0.05, 0) is 23.8 Å². The Kier molecular flexibility index (Phi) is 2.24. The molecule has 2 atom stereocenters. The highest BCUT2D eigenvalue weighted by atomic mass is 16.5. The van der Waals surface area contributed by atoms with Gasteiger partial charge < -0.3 is 10.5 Å². The van der Waals surface area contributed by atoms with Crippen LogP contribution in [0, 0.1) is 0 Å². The minimum Gasteiger partial charge on any atom is -0.379 e. The van der Waals surface area contributed by atoms with Gasteiger partial charge in [0.15, 0.2) is 5.82 Å². The zero-order valence-corrected chi connectivity index (χ0v) is 7.55. The first-order valence-corrected chi connectivity index (χ1v) is 4.40. The smallest absolute Gasteiger partial charge is 0.168 e. The first-order valence-electron chi connectivity index (χ1n) is 4.40. The molecule has 0 bridgehead atoms. The van der Waals surface area contributed by atoms with Crippen LogP contribution in [0.15, 0.2) is 0 Å². The average Bonchev–Trinajstić information content (AvgIpc) is 2.74. The van der Waals surface area contributed by atoms with Gasteiger partial charge in [0, 0.05) is 6.61 Å². The fraction of sp³-hybridized carbons (Fsp3) is 0.857. The van der Waals surface area contributed by atoms with E-state index in [1.165, 1.54) is 0 Å². The Balaban J connectivity index is 2.23. The number of nitrogens with zero attached hydrogens (tertiary/aromatic N) is 4. The molecule has 1 fully saturated rings. The maximum atomic E-state index is 5.72. The van der Waals surface area contributed by atoms with Gasteiger partial charge in [0.1, 0.15) is 0 Å². The third kappa shape index (κ3) is 1.54. The molecule has 0 amide bonds. The maximum Gasteiger partial charge on any atom is 0.168 e. The molecule has 0 aromatic carbocycles. The van der Waals surface area contributed by atoms with Crippen molar-refractivity contribution in [1.82, 2.24) is 20.2 Å². The number of nitrogens with two attached hydrogens (primary N) is 1. The van der Waals surface area contributed by atoms with E-state index in [4.69, 9.17) is 10.5 Å². The van der Waals surface area contributed by atoms with E-state index in [1.54, 1.807) is 4.68 Å². The molecule has 2 heterocycles. The van der Waals surface area contributed by atoms with Gasteiger partial charge in [-0.1, -0.05) is 0 Å². The molecule has 13 heavy (non-hydrogen) atoms. The Hall–Kier alpha value is -1.01. The Morgan fingerprint density at radius 3 is 3.15 bits per heavy atom. The summed E-state index contributed by atoms with van der Waals surface area (Å²) >= 11 is 0. The van der Waals surface area contributed by atoms with Gasteiger partial charge in [0.25, 0.3) is 0 Å². The lowest BCUT2D eigenvalue weighted by Crippen LogP contribution is -2.19. The number of hydrogen-bond donors (Lipinski definition) is 1. The topological polar surface area (TPSA) is 78.9 Å². The monoisotopic (exact) mass is 183 g/mol. The van der Waals surface area contributed by atoms with Crippen LogP contribution in [0.5, 0.6) is 0 Å². The molecule has 6 heteroatoms. The predicted octanol–water partition coefficient (Wildman–Crippen LogP) is -0.346. The molecular formula is C7H13N5O. The number of hydrogen-bond acceptors (Lipinski definition) is 5. The highest BCUT2D eigenvalue weighted by Crippen LogP contribution is 2.19. The van der Waals surface area contributed by atoms with E-state index in [-0.39, 0.29) is 12.1 Å². The number of ether oxygens (including phenoxy) is 1. The molecule has 2 rings (SSSR count). The van der Waals surface area contributed by atoms with Gasteiger partial charge in [0.2, 0.25) is 0 Å². The summed E-state index contributed by atoms with van der Waals surface area (Å²) in [4.78, 5) is 0. The lowest BCUT2D eigenvalue weighted by molar-refractivity contribution is 0.183. The summed E-state index contributed by atoms with van der Waals surface area (Å²) in [5.74, 6) is 0.732. The van der Waals surface area contributed by atoms with Crippen molar-refractivity contribution >= 4 is 0 Å². The number of rotatable bonds is 2. The molecule has 0 saturated carbocycles. The molecule has 2 unspecified atom stereocenters. The quantitative estimate of drug-likeness (QED) is 0.678. The van der Waals surface area contributed by atoms with Crippen LogP contribution in [0.25, 0.3) is 0 Å². The van der Waals surface area contributed by atoms with Crippen LogP contribution >= 0.6 is 0 Å². The summed E-state index contributed by atoms with van der Waals surface area (Å²) in [7, 11) is 0. The Morgan fingerprint density at radius 2 is 2.54 bits per heavy atom. The molecule has 6 nitrogen and oxygen atoms in total. The van der Waals surface area contributed by atoms with Gasteiger partial charge in [-0.15, -0.1) is 5.10 Å². The van der Waals surface area contributed by atoms with Crippen molar-refractivity contribution in [3.8, 4) is 0 Å². The third-order valence-corrected chi connectivity index (χ3v) is 2.18. The summed E-state index contributed by atoms with van der Waals surface area (Å²) < 4.78 is 7.03. The Bertz CT molecular complexity index is 278. The van der Waals surface area contributed by atoms with Crippen molar-refractivity contribution in [1.29, 1.82) is 0 Å². The lowest BCUT2D eigenvalue weighted by atomic mass is 10.2. The van der Waals surface area contributed by atoms with Crippen LogP contribution in [0.1, 0.15) is 31.3 Å². The van der Waals surface area contributed by atoms with Crippen molar-refractivity contribution in [2.24, 2.45) is 5.73 Å². The van der Waals surface area contributed by atoms with E-state index in [2.05, 4.69) is 15.5 Å². The van der Waals surface area contributed by atoms with Crippen molar-refractivity contribution in [2.45, 2.75) is 25.4 Å². The van der Waals surface area contributed by atoms with Gasteiger partial charge >= 0.3 is 0 Å². The molecule has 72 valence electrons. The summed E-state index contributed by atoms with van der Waals surface area (Å²) in [6, 6.07) is 0.131. The van der Waals surface area contributed by atoms with E-state index >= 15 is 0 Å². The Labute approximate surface area is 76.1 Å². The molecular weight excluding hydrogens is 170 g/mol. The zero-order chi connectivity index (χ0) is 9.26. The summed E-state index contributed by atoms with van der Waals surface area (Å²) in [5, 5.41) is 11.4. The van der Waals surface area contributed by atoms with Crippen molar-refractivity contribution in [2.75, 3.05) is 13.2 Å². The fourth-order valence-corrected chi connectivity index (χ4v) is 1.48. The highest BCUT2D eigenvalue weighted by molar-refractivity contribution is 4.91. The standard InChI is InChI=1S/C7H13N5O/c1-5(8)7-9-10-11-12(7)6-2-3-13-4-6/h5-6H,2-4,8H2,1H3. The average molecular weight is 183 g/mol. The molecule has 1 aromatic rings. The van der Waals surface area contributed by atoms with Crippen LogP contribution in [0.4, 0.5) is 0 Å². The second kappa shape index (κ2) is 3.39. The first-order chi connectivity index (χ1) is 6.29. The first kappa shape index (κ1) is 8.58. The van der Waals surface area contributed by atoms with E-state index < -0.39 is 0 Å². The second-order valence-electron chi connectivity index (χ2n) is 3.29. The van der Waals surface area contributed by atoms with E-state index in [0.29, 0.717) is 6.61 Å². The zero-order valence-electron chi connectivity index (χ0n) is 7.55. The molecule has 1 aromatic heterocycles. The summed E-state index contributed by atoms with van der Waals surface area (Å²) in [5.41, 5.74) is 5.72. The van der Waals surface area contributed by atoms with Crippen LogP contribution in [-0.4, -0.2) is 33.4 Å². The number of aromatic nitrogens is 4. The van der Waals surface area contributed by atoms with Crippen LogP contribution in [-0.2, 0) is 4.74 Å². The SMILES string of the molecule is CC(N)c1nnnn1C1CCOC1. The van der Waals surface area contributed by atoms with Gasteiger partial charge in [-0.2, -0.15) is 0 Å². The fourth-order valence-electron chi connectivity index (χ4n) is 1.48. The predicted molar refractivity (Wildman–Crippen MR) is 44.9 cm³/mol.